The molecule has 2 heterocycles. The van der Waals surface area contributed by atoms with Crippen LogP contribution in [0.5, 0.6) is 0 Å². The van der Waals surface area contributed by atoms with E-state index in [1.807, 2.05) is 25.1 Å². The highest BCUT2D eigenvalue weighted by Gasteiger charge is 2.24. The van der Waals surface area contributed by atoms with Crippen LogP contribution in [0.3, 0.4) is 0 Å². The molecule has 1 aliphatic heterocycles. The van der Waals surface area contributed by atoms with Crippen LogP contribution in [0.15, 0.2) is 18.2 Å². The number of carbonyl (C=O) groups excluding carboxylic acids is 2. The number of thiazole rings is 1. The molecule has 2 aromatic rings. The second-order valence-corrected chi connectivity index (χ2v) is 6.97. The van der Waals surface area contributed by atoms with Gasteiger partial charge in [0.2, 0.25) is 11.8 Å². The summed E-state index contributed by atoms with van der Waals surface area (Å²) in [6.07, 6.45) is 0. The van der Waals surface area contributed by atoms with E-state index in [4.69, 9.17) is 0 Å². The van der Waals surface area contributed by atoms with Gasteiger partial charge in [0.1, 0.15) is 0 Å². The largest absolute Gasteiger partial charge is 0.335 e. The fraction of sp³-hybridized carbons (Fsp3) is 0.438. The Labute approximate surface area is 144 Å². The van der Waals surface area contributed by atoms with Crippen LogP contribution in [-0.4, -0.2) is 61.0 Å². The van der Waals surface area contributed by atoms with Crippen molar-refractivity contribution in [3.63, 3.8) is 0 Å². The van der Waals surface area contributed by atoms with Crippen molar-refractivity contribution in [2.45, 2.75) is 13.0 Å². The lowest BCUT2D eigenvalue weighted by molar-refractivity contribution is -0.135. The van der Waals surface area contributed by atoms with Crippen LogP contribution in [0.25, 0.3) is 10.2 Å². The molecule has 7 nitrogen and oxygen atoms in total. The number of piperazine rings is 1. The molecule has 24 heavy (non-hydrogen) atoms. The Morgan fingerprint density at radius 1 is 1.42 bits per heavy atom. The minimum Gasteiger partial charge on any atom is -0.335 e. The molecule has 1 aromatic heterocycles. The molecule has 0 spiro atoms. The first kappa shape index (κ1) is 16.8. The van der Waals surface area contributed by atoms with E-state index < -0.39 is 0 Å². The van der Waals surface area contributed by atoms with E-state index in [-0.39, 0.29) is 24.4 Å². The molecule has 1 fully saturated rings. The zero-order valence-electron chi connectivity index (χ0n) is 13.8. The number of aryl methyl sites for hydroxylation is 1. The van der Waals surface area contributed by atoms with Crippen LogP contribution in [-0.2, 0) is 9.59 Å². The number of amides is 2. The second kappa shape index (κ2) is 7.25. The third-order valence-corrected chi connectivity index (χ3v) is 4.82. The first-order valence-corrected chi connectivity index (χ1v) is 8.71. The summed E-state index contributed by atoms with van der Waals surface area (Å²) in [5.41, 5.74) is 2.02. The van der Waals surface area contributed by atoms with E-state index in [0.29, 0.717) is 11.7 Å². The summed E-state index contributed by atoms with van der Waals surface area (Å²) in [4.78, 5) is 30.3. The van der Waals surface area contributed by atoms with Gasteiger partial charge in [-0.25, -0.2) is 4.98 Å². The second-order valence-electron chi connectivity index (χ2n) is 5.94. The molecule has 1 aromatic carbocycles. The van der Waals surface area contributed by atoms with Gasteiger partial charge in [-0.15, -0.1) is 0 Å². The Bertz CT molecular complexity index is 754. The molecule has 0 saturated carbocycles. The summed E-state index contributed by atoms with van der Waals surface area (Å²) in [5.74, 6) is -0.331. The number of anilines is 1. The maximum absolute atomic E-state index is 12.3. The minimum absolute atomic E-state index is 0.00592. The van der Waals surface area contributed by atoms with E-state index in [1.54, 1.807) is 7.05 Å². The molecule has 0 radical (unpaired) electrons. The van der Waals surface area contributed by atoms with Crippen LogP contribution >= 0.6 is 11.3 Å². The zero-order valence-corrected chi connectivity index (χ0v) is 14.6. The molecule has 1 atom stereocenters. The standard InChI is InChI=1S/C16H21N5O2S/c1-10-3-4-11-13(7-10)24-16(19-11)20-14(22)9-21(2)15(23)12-8-17-5-6-18-12/h3-4,7,12,17-18H,5-6,8-9H2,1-2H3,(H,19,20,22)/t12-/m1/s1. The number of hydrogen-bond acceptors (Lipinski definition) is 6. The smallest absolute Gasteiger partial charge is 0.245 e. The van der Waals surface area contributed by atoms with Gasteiger partial charge >= 0.3 is 0 Å². The molecule has 8 heteroatoms. The van der Waals surface area contributed by atoms with E-state index in [1.165, 1.54) is 16.2 Å². The van der Waals surface area contributed by atoms with Crippen LogP contribution in [0.4, 0.5) is 5.13 Å². The third kappa shape index (κ3) is 3.89. The van der Waals surface area contributed by atoms with Gasteiger partial charge in [-0.1, -0.05) is 17.4 Å². The van der Waals surface area contributed by atoms with Crippen molar-refractivity contribution in [1.82, 2.24) is 20.5 Å². The van der Waals surface area contributed by atoms with Crippen molar-refractivity contribution in [2.24, 2.45) is 0 Å². The maximum atomic E-state index is 12.3. The Morgan fingerprint density at radius 3 is 3.00 bits per heavy atom. The summed E-state index contributed by atoms with van der Waals surface area (Å²) in [6.45, 7) is 4.22. The lowest BCUT2D eigenvalue weighted by Crippen LogP contribution is -2.56. The molecule has 1 aliphatic rings. The van der Waals surface area contributed by atoms with E-state index in [2.05, 4.69) is 20.9 Å². The first-order chi connectivity index (χ1) is 11.5. The molecule has 0 unspecified atom stereocenters. The van der Waals surface area contributed by atoms with Gasteiger partial charge in [-0.05, 0) is 24.6 Å². The van der Waals surface area contributed by atoms with Gasteiger partial charge in [0.05, 0.1) is 22.8 Å². The Hall–Kier alpha value is -2.03. The summed E-state index contributed by atoms with van der Waals surface area (Å²) < 4.78 is 1.03. The van der Waals surface area contributed by atoms with Crippen LogP contribution in [0.2, 0.25) is 0 Å². The number of likely N-dealkylation sites (N-methyl/N-ethyl adjacent to an activating group) is 1. The predicted molar refractivity (Wildman–Crippen MR) is 95.3 cm³/mol. The molecule has 1 saturated heterocycles. The van der Waals surface area contributed by atoms with Crippen molar-refractivity contribution in [2.75, 3.05) is 38.5 Å². The van der Waals surface area contributed by atoms with Crippen LogP contribution in [0.1, 0.15) is 5.56 Å². The molecule has 0 bridgehead atoms. The fourth-order valence-corrected chi connectivity index (χ4v) is 3.61. The number of nitrogens with one attached hydrogen (secondary N) is 3. The van der Waals surface area contributed by atoms with E-state index in [9.17, 15) is 9.59 Å². The number of carbonyl (C=O) groups is 2. The molecule has 3 N–H and O–H groups in total. The summed E-state index contributed by atoms with van der Waals surface area (Å²) in [7, 11) is 1.64. The van der Waals surface area contributed by atoms with Gasteiger partial charge in [0.25, 0.3) is 0 Å². The van der Waals surface area contributed by atoms with Gasteiger partial charge in [-0.3, -0.25) is 9.59 Å². The first-order valence-electron chi connectivity index (χ1n) is 7.89. The number of hydrogen-bond donors (Lipinski definition) is 3. The van der Waals surface area contributed by atoms with Crippen molar-refractivity contribution in [3.05, 3.63) is 23.8 Å². The van der Waals surface area contributed by atoms with Crippen LogP contribution < -0.4 is 16.0 Å². The number of fused-ring (bicyclic) bond motifs is 1. The quantitative estimate of drug-likeness (QED) is 0.753. The number of rotatable bonds is 4. The Kier molecular flexibility index (Phi) is 5.08. The third-order valence-electron chi connectivity index (χ3n) is 3.89. The highest BCUT2D eigenvalue weighted by atomic mass is 32.1. The molecule has 128 valence electrons. The van der Waals surface area contributed by atoms with Gasteiger partial charge in [0, 0.05) is 26.7 Å². The predicted octanol–water partition coefficient (Wildman–Crippen LogP) is 0.563. The maximum Gasteiger partial charge on any atom is 0.245 e. The van der Waals surface area contributed by atoms with Crippen molar-refractivity contribution in [1.29, 1.82) is 0 Å². The highest BCUT2D eigenvalue weighted by Crippen LogP contribution is 2.26. The minimum atomic E-state index is -0.276. The monoisotopic (exact) mass is 347 g/mol. The Morgan fingerprint density at radius 2 is 2.25 bits per heavy atom. The van der Waals surface area contributed by atoms with Gasteiger partial charge in [0.15, 0.2) is 5.13 Å². The molecular weight excluding hydrogens is 326 g/mol. The van der Waals surface area contributed by atoms with Crippen molar-refractivity contribution >= 4 is 38.5 Å². The van der Waals surface area contributed by atoms with Crippen LogP contribution in [0, 0.1) is 6.92 Å². The molecule has 3 rings (SSSR count). The lowest BCUT2D eigenvalue weighted by atomic mass is 10.2. The molecular formula is C16H21N5O2S. The van der Waals surface area contributed by atoms with E-state index in [0.717, 1.165) is 28.9 Å². The SMILES string of the molecule is Cc1ccc2nc(NC(=O)CN(C)C(=O)[C@H]3CNCCN3)sc2c1. The number of aromatic nitrogens is 1. The van der Waals surface area contributed by atoms with Gasteiger partial charge in [-0.2, -0.15) is 0 Å². The summed E-state index contributed by atoms with van der Waals surface area (Å²) >= 11 is 1.43. The lowest BCUT2D eigenvalue weighted by Gasteiger charge is -2.27. The van der Waals surface area contributed by atoms with Gasteiger partial charge < -0.3 is 20.9 Å². The topological polar surface area (TPSA) is 86.4 Å². The summed E-state index contributed by atoms with van der Waals surface area (Å²) in [6, 6.07) is 5.70. The van der Waals surface area contributed by atoms with Crippen molar-refractivity contribution < 1.29 is 9.59 Å². The molecule has 0 aliphatic carbocycles. The van der Waals surface area contributed by atoms with E-state index >= 15 is 0 Å². The fourth-order valence-electron chi connectivity index (χ4n) is 2.63. The zero-order chi connectivity index (χ0) is 17.1. The Balaban J connectivity index is 1.58. The normalized spacial score (nSPS) is 17.7. The highest BCUT2D eigenvalue weighted by molar-refractivity contribution is 7.22. The number of nitrogens with zero attached hydrogens (tertiary/aromatic N) is 2. The number of benzene rings is 1. The average molecular weight is 347 g/mol. The average Bonchev–Trinajstić information content (AvgIpc) is 2.95. The van der Waals surface area contributed by atoms with Crippen molar-refractivity contribution in [3.8, 4) is 0 Å². The summed E-state index contributed by atoms with van der Waals surface area (Å²) in [5, 5.41) is 9.65. The molecule has 2 amide bonds.